The lowest BCUT2D eigenvalue weighted by atomic mass is 9.68. The Hall–Kier alpha value is -0.0800. The fourth-order valence-corrected chi connectivity index (χ4v) is 3.25. The highest BCUT2D eigenvalue weighted by Crippen LogP contribution is 2.43. The van der Waals surface area contributed by atoms with Crippen molar-refractivity contribution in [2.24, 2.45) is 11.1 Å². The van der Waals surface area contributed by atoms with Crippen molar-refractivity contribution in [3.8, 4) is 0 Å². The number of nitrogens with zero attached hydrogens (tertiary/aromatic N) is 1. The van der Waals surface area contributed by atoms with Gasteiger partial charge in [-0.05, 0) is 51.5 Å². The molecule has 0 aromatic rings. The highest BCUT2D eigenvalue weighted by atomic mass is 15.2. The van der Waals surface area contributed by atoms with Gasteiger partial charge in [0.15, 0.2) is 0 Å². The predicted octanol–water partition coefficient (Wildman–Crippen LogP) is 3.01. The van der Waals surface area contributed by atoms with Crippen molar-refractivity contribution in [2.45, 2.75) is 71.9 Å². The van der Waals surface area contributed by atoms with E-state index in [2.05, 4.69) is 39.5 Å². The zero-order valence-electron chi connectivity index (χ0n) is 11.8. The minimum Gasteiger partial charge on any atom is -0.329 e. The van der Waals surface area contributed by atoms with Crippen LogP contribution in [-0.4, -0.2) is 29.6 Å². The molecule has 1 rings (SSSR count). The summed E-state index contributed by atoms with van der Waals surface area (Å²) in [6, 6.07) is 0.606. The van der Waals surface area contributed by atoms with Gasteiger partial charge in [-0.3, -0.25) is 4.90 Å². The van der Waals surface area contributed by atoms with Crippen molar-refractivity contribution >= 4 is 0 Å². The summed E-state index contributed by atoms with van der Waals surface area (Å²) in [5, 5.41) is 0. The van der Waals surface area contributed by atoms with Gasteiger partial charge in [-0.1, -0.05) is 20.8 Å². The number of nitrogens with two attached hydrogens (primary N) is 1. The largest absolute Gasteiger partial charge is 0.329 e. The van der Waals surface area contributed by atoms with E-state index >= 15 is 0 Å². The summed E-state index contributed by atoms with van der Waals surface area (Å²) in [4.78, 5) is 2.61. The molecule has 0 radical (unpaired) electrons. The lowest BCUT2D eigenvalue weighted by Gasteiger charge is -2.51. The summed E-state index contributed by atoms with van der Waals surface area (Å²) in [6.07, 6.45) is 5.16. The quantitative estimate of drug-likeness (QED) is 0.798. The van der Waals surface area contributed by atoms with Gasteiger partial charge in [-0.15, -0.1) is 0 Å². The summed E-state index contributed by atoms with van der Waals surface area (Å²) in [5.74, 6) is 0. The smallest absolute Gasteiger partial charge is 0.0334 e. The van der Waals surface area contributed by atoms with E-state index in [1.54, 1.807) is 0 Å². The van der Waals surface area contributed by atoms with Crippen LogP contribution in [0, 0.1) is 5.41 Å². The fraction of sp³-hybridized carbons (Fsp3) is 1.00. The molecule has 0 amide bonds. The third-order valence-electron chi connectivity index (χ3n) is 4.49. The maximum Gasteiger partial charge on any atom is 0.0334 e. The van der Waals surface area contributed by atoms with Crippen LogP contribution in [-0.2, 0) is 0 Å². The van der Waals surface area contributed by atoms with Gasteiger partial charge in [-0.2, -0.15) is 0 Å². The van der Waals surface area contributed by atoms with E-state index < -0.39 is 0 Å². The molecule has 2 nitrogen and oxygen atoms in total. The summed E-state index contributed by atoms with van der Waals surface area (Å²) in [5.41, 5.74) is 6.90. The van der Waals surface area contributed by atoms with Gasteiger partial charge < -0.3 is 5.73 Å². The van der Waals surface area contributed by atoms with Crippen LogP contribution < -0.4 is 5.73 Å². The van der Waals surface area contributed by atoms with Crippen LogP contribution in [0.15, 0.2) is 0 Å². The summed E-state index contributed by atoms with van der Waals surface area (Å²) in [6.45, 7) is 13.6. The van der Waals surface area contributed by atoms with Crippen molar-refractivity contribution in [3.63, 3.8) is 0 Å². The van der Waals surface area contributed by atoms with Crippen LogP contribution in [0.25, 0.3) is 0 Å². The van der Waals surface area contributed by atoms with E-state index in [1.807, 2.05) is 0 Å². The Bertz CT molecular complexity index is 211. The minimum atomic E-state index is 0.276. The lowest BCUT2D eigenvalue weighted by Crippen LogP contribution is -2.58. The van der Waals surface area contributed by atoms with Crippen LogP contribution in [0.1, 0.15) is 60.3 Å². The fourth-order valence-electron chi connectivity index (χ4n) is 3.25. The first-order valence-electron chi connectivity index (χ1n) is 6.84. The third-order valence-corrected chi connectivity index (χ3v) is 4.49. The number of rotatable bonds is 4. The summed E-state index contributed by atoms with van der Waals surface area (Å²) >= 11 is 0. The molecule has 0 bridgehead atoms. The first kappa shape index (κ1) is 14.0. The van der Waals surface area contributed by atoms with E-state index in [1.165, 1.54) is 25.7 Å². The molecule has 96 valence electrons. The number of likely N-dealkylation sites (N-methyl/N-ethyl adjacent to an activating group) is 1. The van der Waals surface area contributed by atoms with E-state index in [9.17, 15) is 0 Å². The maximum absolute atomic E-state index is 6.10. The molecule has 1 fully saturated rings. The Kier molecular flexibility index (Phi) is 4.42. The van der Waals surface area contributed by atoms with Crippen molar-refractivity contribution in [1.29, 1.82) is 0 Å². The standard InChI is InChI=1S/C14H30N2/c1-6-16(12(2)3)14(11-15)9-7-13(4,5)8-10-14/h12H,6-11,15H2,1-5H3. The molecule has 1 aliphatic rings. The van der Waals surface area contributed by atoms with Gasteiger partial charge >= 0.3 is 0 Å². The highest BCUT2D eigenvalue weighted by Gasteiger charge is 2.41. The van der Waals surface area contributed by atoms with Crippen molar-refractivity contribution in [2.75, 3.05) is 13.1 Å². The first-order valence-corrected chi connectivity index (χ1v) is 6.84. The highest BCUT2D eigenvalue weighted by molar-refractivity contribution is 4.98. The first-order chi connectivity index (χ1) is 7.37. The Morgan fingerprint density at radius 1 is 1.12 bits per heavy atom. The van der Waals surface area contributed by atoms with Crippen molar-refractivity contribution < 1.29 is 0 Å². The number of hydrogen-bond donors (Lipinski definition) is 1. The van der Waals surface area contributed by atoms with Crippen LogP contribution in [0.4, 0.5) is 0 Å². The maximum atomic E-state index is 6.10. The molecule has 0 aliphatic heterocycles. The molecule has 0 atom stereocenters. The Morgan fingerprint density at radius 3 is 1.94 bits per heavy atom. The SMILES string of the molecule is CCN(C(C)C)C1(CN)CCC(C)(C)CC1. The van der Waals surface area contributed by atoms with Crippen LogP contribution in [0.5, 0.6) is 0 Å². The van der Waals surface area contributed by atoms with Crippen molar-refractivity contribution in [3.05, 3.63) is 0 Å². The third kappa shape index (κ3) is 2.78. The molecule has 0 aromatic carbocycles. The number of hydrogen-bond acceptors (Lipinski definition) is 2. The van der Waals surface area contributed by atoms with Gasteiger partial charge in [0.05, 0.1) is 0 Å². The van der Waals surface area contributed by atoms with E-state index in [4.69, 9.17) is 5.73 Å². The summed E-state index contributed by atoms with van der Waals surface area (Å²) < 4.78 is 0. The monoisotopic (exact) mass is 226 g/mol. The minimum absolute atomic E-state index is 0.276. The van der Waals surface area contributed by atoms with Crippen LogP contribution in [0.2, 0.25) is 0 Å². The van der Waals surface area contributed by atoms with Gasteiger partial charge in [-0.25, -0.2) is 0 Å². The average Bonchev–Trinajstić information content (AvgIpc) is 2.21. The molecular formula is C14H30N2. The molecular weight excluding hydrogens is 196 g/mol. The zero-order chi connectivity index (χ0) is 12.4. The topological polar surface area (TPSA) is 29.3 Å². The second-order valence-corrected chi connectivity index (χ2v) is 6.47. The molecule has 0 unspecified atom stereocenters. The molecule has 2 N–H and O–H groups in total. The van der Waals surface area contributed by atoms with Crippen LogP contribution >= 0.6 is 0 Å². The lowest BCUT2D eigenvalue weighted by molar-refractivity contribution is 0.00585. The van der Waals surface area contributed by atoms with Gasteiger partial charge in [0.25, 0.3) is 0 Å². The normalized spacial score (nSPS) is 24.0. The predicted molar refractivity (Wildman–Crippen MR) is 71.6 cm³/mol. The molecule has 0 spiro atoms. The van der Waals surface area contributed by atoms with Gasteiger partial charge in [0.2, 0.25) is 0 Å². The van der Waals surface area contributed by atoms with Crippen LogP contribution in [0.3, 0.4) is 0 Å². The molecule has 1 aliphatic carbocycles. The molecule has 1 saturated carbocycles. The average molecular weight is 226 g/mol. The Labute approximate surface area is 102 Å². The van der Waals surface area contributed by atoms with Gasteiger partial charge in [0.1, 0.15) is 0 Å². The molecule has 2 heteroatoms. The van der Waals surface area contributed by atoms with Gasteiger partial charge in [0, 0.05) is 18.1 Å². The molecule has 0 heterocycles. The van der Waals surface area contributed by atoms with Crippen molar-refractivity contribution in [1.82, 2.24) is 4.90 Å². The molecule has 16 heavy (non-hydrogen) atoms. The molecule has 0 aromatic heterocycles. The summed E-state index contributed by atoms with van der Waals surface area (Å²) in [7, 11) is 0. The van der Waals surface area contributed by atoms with E-state index in [0.29, 0.717) is 11.5 Å². The van der Waals surface area contributed by atoms with E-state index in [0.717, 1.165) is 13.1 Å². The second-order valence-electron chi connectivity index (χ2n) is 6.47. The molecule has 0 saturated heterocycles. The Morgan fingerprint density at radius 2 is 1.62 bits per heavy atom. The zero-order valence-corrected chi connectivity index (χ0v) is 11.8. The van der Waals surface area contributed by atoms with E-state index in [-0.39, 0.29) is 5.54 Å². The Balaban J connectivity index is 2.79. The second kappa shape index (κ2) is 5.05.